The van der Waals surface area contributed by atoms with Crippen LogP contribution < -0.4 is 0 Å². The molecule has 0 saturated heterocycles. The van der Waals surface area contributed by atoms with Crippen LogP contribution in [-0.4, -0.2) is 16.1 Å². The number of nitrogens with zero attached hydrogens (tertiary/aromatic N) is 1. The normalized spacial score (nSPS) is 27.4. The van der Waals surface area contributed by atoms with Gasteiger partial charge in [-0.05, 0) is 23.5 Å². The van der Waals surface area contributed by atoms with E-state index in [9.17, 15) is 9.90 Å². The van der Waals surface area contributed by atoms with E-state index >= 15 is 0 Å². The molecule has 0 spiro atoms. The zero-order valence-electron chi connectivity index (χ0n) is 8.62. The maximum atomic E-state index is 11.3. The summed E-state index contributed by atoms with van der Waals surface area (Å²) in [7, 11) is 0. The van der Waals surface area contributed by atoms with Gasteiger partial charge in [-0.1, -0.05) is 31.5 Å². The van der Waals surface area contributed by atoms with E-state index in [-0.39, 0.29) is 5.41 Å². The van der Waals surface area contributed by atoms with E-state index in [4.69, 9.17) is 11.6 Å². The van der Waals surface area contributed by atoms with Crippen LogP contribution in [-0.2, 0) is 10.2 Å². The standard InChI is InChI=1S/C11H12ClNO2/c1-10(2)6-11(10,9(14)15)7-3-4-8(12)13-5-7/h3-5H,6H2,1-2H3,(H,14,15). The van der Waals surface area contributed by atoms with E-state index in [0.717, 1.165) is 5.56 Å². The second-order valence-corrected chi connectivity index (χ2v) is 5.03. The van der Waals surface area contributed by atoms with Gasteiger partial charge < -0.3 is 5.11 Å². The van der Waals surface area contributed by atoms with Gasteiger partial charge >= 0.3 is 5.97 Å². The monoisotopic (exact) mass is 225 g/mol. The summed E-state index contributed by atoms with van der Waals surface area (Å²) in [6.45, 7) is 3.91. The number of carbonyl (C=O) groups is 1. The molecule has 1 aromatic heterocycles. The van der Waals surface area contributed by atoms with Gasteiger partial charge in [0, 0.05) is 6.20 Å². The van der Waals surface area contributed by atoms with Gasteiger partial charge in [0.2, 0.25) is 0 Å². The molecule has 0 radical (unpaired) electrons. The Morgan fingerprint density at radius 2 is 2.13 bits per heavy atom. The van der Waals surface area contributed by atoms with Crippen molar-refractivity contribution in [2.24, 2.45) is 5.41 Å². The second-order valence-electron chi connectivity index (χ2n) is 4.64. The number of hydrogen-bond donors (Lipinski definition) is 1. The van der Waals surface area contributed by atoms with Crippen LogP contribution >= 0.6 is 11.6 Å². The number of rotatable bonds is 2. The molecule has 1 aromatic rings. The first-order valence-electron chi connectivity index (χ1n) is 4.75. The highest BCUT2D eigenvalue weighted by Crippen LogP contribution is 2.64. The van der Waals surface area contributed by atoms with Crippen LogP contribution in [0.2, 0.25) is 5.15 Å². The first-order chi connectivity index (χ1) is 6.90. The highest BCUT2D eigenvalue weighted by molar-refractivity contribution is 6.29. The molecule has 1 aliphatic rings. The predicted molar refractivity (Wildman–Crippen MR) is 57.0 cm³/mol. The average Bonchev–Trinajstić information content (AvgIpc) is 2.72. The Kier molecular flexibility index (Phi) is 2.05. The second kappa shape index (κ2) is 2.95. The SMILES string of the molecule is CC1(C)CC1(C(=O)O)c1ccc(Cl)nc1. The van der Waals surface area contributed by atoms with Crippen molar-refractivity contribution in [3.05, 3.63) is 29.0 Å². The Balaban J connectivity index is 2.45. The van der Waals surface area contributed by atoms with E-state index in [1.165, 1.54) is 0 Å². The fourth-order valence-electron chi connectivity index (χ4n) is 2.23. The largest absolute Gasteiger partial charge is 0.481 e. The lowest BCUT2D eigenvalue weighted by Gasteiger charge is -2.15. The molecule has 1 aliphatic carbocycles. The summed E-state index contributed by atoms with van der Waals surface area (Å²) < 4.78 is 0. The molecule has 0 bridgehead atoms. The summed E-state index contributed by atoms with van der Waals surface area (Å²) in [6.07, 6.45) is 2.21. The van der Waals surface area contributed by atoms with E-state index in [0.29, 0.717) is 11.6 Å². The van der Waals surface area contributed by atoms with Gasteiger partial charge in [0.1, 0.15) is 5.15 Å². The minimum absolute atomic E-state index is 0.200. The third kappa shape index (κ3) is 1.34. The summed E-state index contributed by atoms with van der Waals surface area (Å²) in [5.41, 5.74) is -0.233. The molecule has 1 fully saturated rings. The number of hydrogen-bond acceptors (Lipinski definition) is 2. The molecule has 4 heteroatoms. The Labute approximate surface area is 93.1 Å². The number of pyridine rings is 1. The minimum Gasteiger partial charge on any atom is -0.481 e. The highest BCUT2D eigenvalue weighted by atomic mass is 35.5. The Morgan fingerprint density at radius 3 is 2.47 bits per heavy atom. The van der Waals surface area contributed by atoms with Crippen LogP contribution in [0.4, 0.5) is 0 Å². The number of aromatic nitrogens is 1. The third-order valence-electron chi connectivity index (χ3n) is 3.32. The van der Waals surface area contributed by atoms with Crippen molar-refractivity contribution >= 4 is 17.6 Å². The molecule has 0 aromatic carbocycles. The van der Waals surface area contributed by atoms with Crippen LogP contribution in [0.15, 0.2) is 18.3 Å². The quantitative estimate of drug-likeness (QED) is 0.787. The van der Waals surface area contributed by atoms with Crippen molar-refractivity contribution in [2.75, 3.05) is 0 Å². The smallest absolute Gasteiger partial charge is 0.314 e. The van der Waals surface area contributed by atoms with Crippen molar-refractivity contribution in [1.29, 1.82) is 0 Å². The summed E-state index contributed by atoms with van der Waals surface area (Å²) in [5.74, 6) is -0.781. The topological polar surface area (TPSA) is 50.2 Å². The molecular weight excluding hydrogens is 214 g/mol. The third-order valence-corrected chi connectivity index (χ3v) is 3.55. The maximum Gasteiger partial charge on any atom is 0.314 e. The lowest BCUT2D eigenvalue weighted by atomic mass is 9.89. The number of halogens is 1. The summed E-state index contributed by atoms with van der Waals surface area (Å²) in [4.78, 5) is 15.3. The average molecular weight is 226 g/mol. The molecule has 1 heterocycles. The van der Waals surface area contributed by atoms with Gasteiger partial charge in [0.25, 0.3) is 0 Å². The Bertz CT molecular complexity index is 413. The van der Waals surface area contributed by atoms with Gasteiger partial charge in [-0.15, -0.1) is 0 Å². The first-order valence-corrected chi connectivity index (χ1v) is 5.13. The van der Waals surface area contributed by atoms with Crippen molar-refractivity contribution in [3.8, 4) is 0 Å². The molecule has 3 nitrogen and oxygen atoms in total. The Hall–Kier alpha value is -1.09. The molecule has 1 saturated carbocycles. The number of carboxylic acid groups (broad SMARTS) is 1. The van der Waals surface area contributed by atoms with Gasteiger partial charge in [0.05, 0.1) is 5.41 Å². The molecule has 0 amide bonds. The molecule has 1 atom stereocenters. The molecule has 1 N–H and O–H groups in total. The fraction of sp³-hybridized carbons (Fsp3) is 0.455. The van der Waals surface area contributed by atoms with E-state index in [2.05, 4.69) is 4.98 Å². The summed E-state index contributed by atoms with van der Waals surface area (Å²) in [5, 5.41) is 9.69. The van der Waals surface area contributed by atoms with Crippen molar-refractivity contribution in [1.82, 2.24) is 4.98 Å². The van der Waals surface area contributed by atoms with Crippen molar-refractivity contribution in [3.63, 3.8) is 0 Å². The highest BCUT2D eigenvalue weighted by Gasteiger charge is 2.67. The van der Waals surface area contributed by atoms with Crippen molar-refractivity contribution < 1.29 is 9.90 Å². The molecule has 2 rings (SSSR count). The van der Waals surface area contributed by atoms with Gasteiger partial charge in [-0.3, -0.25) is 4.79 Å². The lowest BCUT2D eigenvalue weighted by molar-refractivity contribution is -0.141. The van der Waals surface area contributed by atoms with Crippen molar-refractivity contribution in [2.45, 2.75) is 25.7 Å². The summed E-state index contributed by atoms with van der Waals surface area (Å²) >= 11 is 5.67. The zero-order chi connectivity index (χ0) is 11.3. The van der Waals surface area contributed by atoms with Gasteiger partial charge in [0.15, 0.2) is 0 Å². The van der Waals surface area contributed by atoms with Crippen LogP contribution in [0, 0.1) is 5.41 Å². The number of carboxylic acids is 1. The zero-order valence-corrected chi connectivity index (χ0v) is 9.38. The van der Waals surface area contributed by atoms with E-state index in [1.54, 1.807) is 18.3 Å². The first kappa shape index (κ1) is 10.4. The van der Waals surface area contributed by atoms with Crippen LogP contribution in [0.1, 0.15) is 25.8 Å². The summed E-state index contributed by atoms with van der Waals surface area (Å²) in [6, 6.07) is 3.38. The minimum atomic E-state index is -0.781. The molecule has 0 aliphatic heterocycles. The lowest BCUT2D eigenvalue weighted by Crippen LogP contribution is -2.25. The van der Waals surface area contributed by atoms with E-state index < -0.39 is 11.4 Å². The Morgan fingerprint density at radius 1 is 1.53 bits per heavy atom. The predicted octanol–water partition coefficient (Wildman–Crippen LogP) is 2.49. The van der Waals surface area contributed by atoms with Crippen LogP contribution in [0.25, 0.3) is 0 Å². The van der Waals surface area contributed by atoms with Crippen LogP contribution in [0.5, 0.6) is 0 Å². The molecule has 15 heavy (non-hydrogen) atoms. The fourth-order valence-corrected chi connectivity index (χ4v) is 2.34. The molecule has 80 valence electrons. The number of aliphatic carboxylic acids is 1. The van der Waals surface area contributed by atoms with E-state index in [1.807, 2.05) is 13.8 Å². The van der Waals surface area contributed by atoms with Gasteiger partial charge in [-0.25, -0.2) is 4.98 Å². The van der Waals surface area contributed by atoms with Crippen LogP contribution in [0.3, 0.4) is 0 Å². The van der Waals surface area contributed by atoms with Gasteiger partial charge in [-0.2, -0.15) is 0 Å². The molecule has 1 unspecified atom stereocenters. The maximum absolute atomic E-state index is 11.3. The molecular formula is C11H12ClNO2.